The summed E-state index contributed by atoms with van der Waals surface area (Å²) in [5.41, 5.74) is 7.05. The number of likely N-dealkylation sites (tertiary alicyclic amines) is 1. The molecule has 0 amide bonds. The number of anilines is 2. The minimum atomic E-state index is -0.429. The first-order valence-electron chi connectivity index (χ1n) is 7.55. The molecular weight excluding hydrogens is 268 g/mol. The topological polar surface area (TPSA) is 75.6 Å². The second kappa shape index (κ2) is 5.52. The Bertz CT molecular complexity index is 548. The monoisotopic (exact) mass is 290 g/mol. The van der Waals surface area contributed by atoms with Gasteiger partial charge in [-0.2, -0.15) is 0 Å². The van der Waals surface area contributed by atoms with Gasteiger partial charge in [0.15, 0.2) is 0 Å². The maximum Gasteiger partial charge on any atom is 0.292 e. The molecule has 2 heterocycles. The Hall–Kier alpha value is -1.82. The summed E-state index contributed by atoms with van der Waals surface area (Å²) in [5.74, 6) is 0.689. The average molecular weight is 290 g/mol. The molecule has 2 aliphatic rings. The van der Waals surface area contributed by atoms with E-state index in [2.05, 4.69) is 16.8 Å². The number of nitrogen functional groups attached to an aromatic ring is 1. The Balaban J connectivity index is 1.76. The number of nitro groups is 1. The summed E-state index contributed by atoms with van der Waals surface area (Å²) in [6.07, 6.45) is 3.68. The van der Waals surface area contributed by atoms with E-state index in [9.17, 15) is 10.1 Å². The first-order chi connectivity index (χ1) is 10.1. The molecule has 0 bridgehead atoms. The number of nitrogens with two attached hydrogens (primary N) is 1. The van der Waals surface area contributed by atoms with Crippen LogP contribution in [0.4, 0.5) is 17.1 Å². The van der Waals surface area contributed by atoms with E-state index in [-0.39, 0.29) is 11.4 Å². The molecule has 1 aromatic carbocycles. The van der Waals surface area contributed by atoms with Gasteiger partial charge in [-0.05, 0) is 50.9 Å². The summed E-state index contributed by atoms with van der Waals surface area (Å²) < 4.78 is 0. The molecule has 6 heteroatoms. The number of nitro benzene ring substituents is 1. The van der Waals surface area contributed by atoms with E-state index >= 15 is 0 Å². The van der Waals surface area contributed by atoms with Gasteiger partial charge in [-0.25, -0.2) is 0 Å². The molecule has 0 aliphatic carbocycles. The highest BCUT2D eigenvalue weighted by Crippen LogP contribution is 2.34. The zero-order valence-electron chi connectivity index (χ0n) is 12.4. The summed E-state index contributed by atoms with van der Waals surface area (Å²) in [6, 6.07) is 5.77. The number of hydrogen-bond acceptors (Lipinski definition) is 5. The lowest BCUT2D eigenvalue weighted by Crippen LogP contribution is -2.52. The lowest BCUT2D eigenvalue weighted by Gasteiger charge is -2.46. The highest BCUT2D eigenvalue weighted by molar-refractivity contribution is 5.66. The Morgan fingerprint density at radius 1 is 1.33 bits per heavy atom. The number of piperidine rings is 2. The van der Waals surface area contributed by atoms with E-state index in [0.717, 1.165) is 25.2 Å². The van der Waals surface area contributed by atoms with Crippen molar-refractivity contribution in [2.24, 2.45) is 5.92 Å². The molecule has 2 aliphatic heterocycles. The number of nitrogens with zero attached hydrogens (tertiary/aromatic N) is 3. The predicted octanol–water partition coefficient (Wildman–Crippen LogP) is 2.10. The second-order valence-electron chi connectivity index (χ2n) is 6.19. The summed E-state index contributed by atoms with van der Waals surface area (Å²) >= 11 is 0. The van der Waals surface area contributed by atoms with Crippen molar-refractivity contribution in [2.45, 2.75) is 25.3 Å². The molecule has 0 radical (unpaired) electrons. The first-order valence-corrected chi connectivity index (χ1v) is 7.55. The third-order valence-corrected chi connectivity index (χ3v) is 4.92. The van der Waals surface area contributed by atoms with Crippen LogP contribution in [0.5, 0.6) is 0 Å². The smallest absolute Gasteiger partial charge is 0.292 e. The quantitative estimate of drug-likeness (QED) is 0.513. The SMILES string of the molecule is CN1CCCC2CN(c3ccc([N+](=O)[O-])c(N)c3)CCC21. The standard InChI is InChI=1S/C15H22N4O2/c1-17-7-2-3-11-10-18(8-6-14(11)17)12-4-5-15(19(20)21)13(16)9-12/h4-5,9,11,14H,2-3,6-8,10,16H2,1H3. The summed E-state index contributed by atoms with van der Waals surface area (Å²) in [6.45, 7) is 3.21. The van der Waals surface area contributed by atoms with Crippen LogP contribution in [0.2, 0.25) is 0 Å². The van der Waals surface area contributed by atoms with Crippen LogP contribution >= 0.6 is 0 Å². The Kier molecular flexibility index (Phi) is 3.71. The molecule has 2 atom stereocenters. The molecule has 21 heavy (non-hydrogen) atoms. The normalized spacial score (nSPS) is 26.4. The first kappa shape index (κ1) is 14.1. The molecular formula is C15H22N4O2. The van der Waals surface area contributed by atoms with E-state index in [4.69, 9.17) is 5.73 Å². The van der Waals surface area contributed by atoms with Crippen LogP contribution in [0, 0.1) is 16.0 Å². The van der Waals surface area contributed by atoms with Gasteiger partial charge in [0.2, 0.25) is 0 Å². The second-order valence-corrected chi connectivity index (χ2v) is 6.19. The van der Waals surface area contributed by atoms with Gasteiger partial charge in [-0.3, -0.25) is 10.1 Å². The van der Waals surface area contributed by atoms with Crippen LogP contribution in [-0.2, 0) is 0 Å². The minimum Gasteiger partial charge on any atom is -0.393 e. The van der Waals surface area contributed by atoms with Crippen LogP contribution in [0.3, 0.4) is 0 Å². The van der Waals surface area contributed by atoms with Gasteiger partial charge in [0, 0.05) is 30.9 Å². The lowest BCUT2D eigenvalue weighted by atomic mass is 9.84. The van der Waals surface area contributed by atoms with Crippen molar-refractivity contribution in [1.82, 2.24) is 4.90 Å². The Morgan fingerprint density at radius 2 is 2.14 bits per heavy atom. The molecule has 2 unspecified atom stereocenters. The fourth-order valence-electron chi connectivity index (χ4n) is 3.79. The zero-order valence-corrected chi connectivity index (χ0v) is 12.4. The number of rotatable bonds is 2. The molecule has 114 valence electrons. The molecule has 2 N–H and O–H groups in total. The van der Waals surface area contributed by atoms with Gasteiger partial charge in [0.1, 0.15) is 5.69 Å². The number of hydrogen-bond donors (Lipinski definition) is 1. The average Bonchev–Trinajstić information content (AvgIpc) is 2.46. The van der Waals surface area contributed by atoms with E-state index in [1.807, 2.05) is 6.07 Å². The van der Waals surface area contributed by atoms with E-state index < -0.39 is 4.92 Å². The molecule has 2 saturated heterocycles. The maximum absolute atomic E-state index is 10.8. The Labute approximate surface area is 124 Å². The Morgan fingerprint density at radius 3 is 2.86 bits per heavy atom. The molecule has 6 nitrogen and oxygen atoms in total. The van der Waals surface area contributed by atoms with E-state index in [1.165, 1.54) is 25.5 Å². The molecule has 1 aromatic rings. The molecule has 3 rings (SSSR count). The van der Waals surface area contributed by atoms with Crippen molar-refractivity contribution in [3.05, 3.63) is 28.3 Å². The summed E-state index contributed by atoms with van der Waals surface area (Å²) in [7, 11) is 2.22. The highest BCUT2D eigenvalue weighted by Gasteiger charge is 2.34. The fourth-order valence-corrected chi connectivity index (χ4v) is 3.79. The third kappa shape index (κ3) is 2.68. The lowest BCUT2D eigenvalue weighted by molar-refractivity contribution is -0.383. The van der Waals surface area contributed by atoms with Crippen LogP contribution in [0.1, 0.15) is 19.3 Å². The van der Waals surface area contributed by atoms with Crippen molar-refractivity contribution >= 4 is 17.1 Å². The van der Waals surface area contributed by atoms with Crippen molar-refractivity contribution in [2.75, 3.05) is 37.3 Å². The largest absolute Gasteiger partial charge is 0.393 e. The van der Waals surface area contributed by atoms with Gasteiger partial charge >= 0.3 is 0 Å². The fraction of sp³-hybridized carbons (Fsp3) is 0.600. The van der Waals surface area contributed by atoms with Crippen LogP contribution in [0.15, 0.2) is 18.2 Å². The zero-order chi connectivity index (χ0) is 15.0. The van der Waals surface area contributed by atoms with Crippen LogP contribution < -0.4 is 10.6 Å². The highest BCUT2D eigenvalue weighted by atomic mass is 16.6. The van der Waals surface area contributed by atoms with Gasteiger partial charge in [0.25, 0.3) is 5.69 Å². The maximum atomic E-state index is 10.8. The van der Waals surface area contributed by atoms with Crippen molar-refractivity contribution in [3.63, 3.8) is 0 Å². The molecule has 0 saturated carbocycles. The number of fused-ring (bicyclic) bond motifs is 1. The summed E-state index contributed by atoms with van der Waals surface area (Å²) in [5, 5.41) is 10.8. The van der Waals surface area contributed by atoms with Gasteiger partial charge in [-0.15, -0.1) is 0 Å². The van der Waals surface area contributed by atoms with Gasteiger partial charge in [-0.1, -0.05) is 0 Å². The van der Waals surface area contributed by atoms with Crippen molar-refractivity contribution in [3.8, 4) is 0 Å². The van der Waals surface area contributed by atoms with Crippen LogP contribution in [-0.4, -0.2) is 42.5 Å². The van der Waals surface area contributed by atoms with Gasteiger partial charge < -0.3 is 15.5 Å². The van der Waals surface area contributed by atoms with E-state index in [1.54, 1.807) is 6.07 Å². The van der Waals surface area contributed by atoms with Gasteiger partial charge in [0.05, 0.1) is 4.92 Å². The molecule has 2 fully saturated rings. The van der Waals surface area contributed by atoms with E-state index in [0.29, 0.717) is 12.0 Å². The minimum absolute atomic E-state index is 0.00830. The van der Waals surface area contributed by atoms with Crippen molar-refractivity contribution in [1.29, 1.82) is 0 Å². The molecule has 0 spiro atoms. The predicted molar refractivity (Wildman–Crippen MR) is 83.5 cm³/mol. The van der Waals surface area contributed by atoms with Crippen LogP contribution in [0.25, 0.3) is 0 Å². The number of benzene rings is 1. The summed E-state index contributed by atoms with van der Waals surface area (Å²) in [4.78, 5) is 15.2. The molecule has 0 aromatic heterocycles. The van der Waals surface area contributed by atoms with Crippen molar-refractivity contribution < 1.29 is 4.92 Å². The third-order valence-electron chi connectivity index (χ3n) is 4.92.